The summed E-state index contributed by atoms with van der Waals surface area (Å²) in [6, 6.07) is 0. The summed E-state index contributed by atoms with van der Waals surface area (Å²) in [5.41, 5.74) is 0. The number of cyclic esters (lactones) is 1. The van der Waals surface area contributed by atoms with Gasteiger partial charge in [0.1, 0.15) is 12.2 Å². The van der Waals surface area contributed by atoms with Gasteiger partial charge in [-0.1, -0.05) is 0 Å². The molecule has 6 atom stereocenters. The highest BCUT2D eigenvalue weighted by atomic mass is 16.6. The lowest BCUT2D eigenvalue weighted by Gasteiger charge is -2.27. The Balaban J connectivity index is 1.85. The fourth-order valence-electron chi connectivity index (χ4n) is 4.02. The minimum atomic E-state index is -0.364. The summed E-state index contributed by atoms with van der Waals surface area (Å²) in [4.78, 5) is 34.1. The van der Waals surface area contributed by atoms with Crippen molar-refractivity contribution in [3.8, 4) is 0 Å². The first-order chi connectivity index (χ1) is 8.99. The molecule has 3 aliphatic rings. The minimum Gasteiger partial charge on any atom is -0.465 e. The maximum absolute atomic E-state index is 11.7. The van der Waals surface area contributed by atoms with Crippen LogP contribution in [0.25, 0.3) is 0 Å². The number of esters is 3. The van der Waals surface area contributed by atoms with Crippen LogP contribution in [0.3, 0.4) is 0 Å². The highest BCUT2D eigenvalue weighted by molar-refractivity contribution is 5.77. The van der Waals surface area contributed by atoms with Gasteiger partial charge in [0.15, 0.2) is 0 Å². The topological polar surface area (TPSA) is 78.9 Å². The molecule has 6 nitrogen and oxygen atoms in total. The number of fused-ring (bicyclic) bond motifs is 5. The lowest BCUT2D eigenvalue weighted by atomic mass is 9.80. The zero-order valence-corrected chi connectivity index (χ0v) is 10.8. The maximum atomic E-state index is 11.7. The van der Waals surface area contributed by atoms with E-state index in [4.69, 9.17) is 14.2 Å². The van der Waals surface area contributed by atoms with E-state index < -0.39 is 0 Å². The lowest BCUT2D eigenvalue weighted by molar-refractivity contribution is -0.155. The van der Waals surface area contributed by atoms with Crippen LogP contribution in [0.2, 0.25) is 0 Å². The van der Waals surface area contributed by atoms with Crippen LogP contribution in [0, 0.1) is 23.7 Å². The molecule has 1 saturated heterocycles. The predicted octanol–water partition coefficient (Wildman–Crippen LogP) is 0.289. The van der Waals surface area contributed by atoms with Crippen molar-refractivity contribution < 1.29 is 28.6 Å². The third kappa shape index (κ3) is 1.81. The summed E-state index contributed by atoms with van der Waals surface area (Å²) in [5, 5.41) is 0. The summed E-state index contributed by atoms with van der Waals surface area (Å²) in [7, 11) is 0. The highest BCUT2D eigenvalue weighted by Gasteiger charge is 2.66. The first-order valence-electron chi connectivity index (χ1n) is 6.50. The van der Waals surface area contributed by atoms with Gasteiger partial charge >= 0.3 is 17.9 Å². The van der Waals surface area contributed by atoms with Crippen LogP contribution in [0.1, 0.15) is 20.3 Å². The van der Waals surface area contributed by atoms with Crippen molar-refractivity contribution in [3.05, 3.63) is 0 Å². The fraction of sp³-hybridized carbons (Fsp3) is 0.769. The molecule has 0 N–H and O–H groups in total. The molecule has 104 valence electrons. The average molecular weight is 268 g/mol. The Kier molecular flexibility index (Phi) is 2.76. The summed E-state index contributed by atoms with van der Waals surface area (Å²) in [5.74, 6) is -1.33. The van der Waals surface area contributed by atoms with Crippen molar-refractivity contribution in [2.24, 2.45) is 23.7 Å². The normalized spacial score (nSPS) is 42.7. The van der Waals surface area contributed by atoms with Crippen molar-refractivity contribution in [1.82, 2.24) is 0 Å². The van der Waals surface area contributed by atoms with Crippen LogP contribution in [-0.4, -0.2) is 36.7 Å². The third-order valence-corrected chi connectivity index (χ3v) is 4.46. The van der Waals surface area contributed by atoms with E-state index in [1.807, 2.05) is 0 Å². The number of carbonyl (C=O) groups is 3. The molecule has 0 amide bonds. The van der Waals surface area contributed by atoms with E-state index in [0.29, 0.717) is 13.0 Å². The monoisotopic (exact) mass is 268 g/mol. The SMILES string of the molecule is CC(=O)O[C@H]1[C@H]2C[C@H](OC(C)=O)[C@@H]1[C@H]1COC(=O)[C@@H]21. The Morgan fingerprint density at radius 3 is 2.47 bits per heavy atom. The van der Waals surface area contributed by atoms with Crippen LogP contribution in [-0.2, 0) is 28.6 Å². The van der Waals surface area contributed by atoms with Gasteiger partial charge in [-0.3, -0.25) is 14.4 Å². The van der Waals surface area contributed by atoms with Crippen molar-refractivity contribution in [1.29, 1.82) is 0 Å². The molecule has 1 aliphatic heterocycles. The summed E-state index contributed by atoms with van der Waals surface area (Å²) in [6.45, 7) is 3.05. The number of rotatable bonds is 2. The Hall–Kier alpha value is -1.59. The number of hydrogen-bond acceptors (Lipinski definition) is 6. The van der Waals surface area contributed by atoms with Gasteiger partial charge in [0.05, 0.1) is 12.5 Å². The molecule has 2 aliphatic carbocycles. The minimum absolute atomic E-state index is 0.0000463. The molecule has 0 aromatic carbocycles. The number of hydrogen-bond donors (Lipinski definition) is 0. The quantitative estimate of drug-likeness (QED) is 0.529. The first-order valence-corrected chi connectivity index (χ1v) is 6.50. The van der Waals surface area contributed by atoms with E-state index in [-0.39, 0.29) is 53.8 Å². The van der Waals surface area contributed by atoms with Gasteiger partial charge in [0, 0.05) is 31.6 Å². The van der Waals surface area contributed by atoms with Crippen molar-refractivity contribution in [3.63, 3.8) is 0 Å². The standard InChI is InChI=1S/C13H16O6/c1-5(14)18-9-3-7-10-8(4-17-13(10)16)11(9)12(7)19-6(2)15/h7-12H,3-4H2,1-2H3/t7-,8-,9-,10-,11-,12-/m0/s1. The molecule has 3 fully saturated rings. The second-order valence-corrected chi connectivity index (χ2v) is 5.52. The predicted molar refractivity (Wildman–Crippen MR) is 60.6 cm³/mol. The van der Waals surface area contributed by atoms with E-state index in [0.717, 1.165) is 0 Å². The highest BCUT2D eigenvalue weighted by Crippen LogP contribution is 2.57. The molecule has 0 aromatic rings. The van der Waals surface area contributed by atoms with E-state index in [1.54, 1.807) is 0 Å². The second-order valence-electron chi connectivity index (χ2n) is 5.52. The van der Waals surface area contributed by atoms with Crippen LogP contribution in [0.15, 0.2) is 0 Å². The zero-order valence-electron chi connectivity index (χ0n) is 10.8. The molecule has 19 heavy (non-hydrogen) atoms. The summed E-state index contributed by atoms with van der Waals surface area (Å²) >= 11 is 0. The molecule has 1 heterocycles. The fourth-order valence-corrected chi connectivity index (χ4v) is 4.02. The lowest BCUT2D eigenvalue weighted by Crippen LogP contribution is -2.35. The van der Waals surface area contributed by atoms with Crippen LogP contribution < -0.4 is 0 Å². The maximum Gasteiger partial charge on any atom is 0.309 e. The molecule has 2 bridgehead atoms. The van der Waals surface area contributed by atoms with E-state index >= 15 is 0 Å². The zero-order chi connectivity index (χ0) is 13.7. The average Bonchev–Trinajstić information content (AvgIpc) is 2.89. The van der Waals surface area contributed by atoms with E-state index in [9.17, 15) is 14.4 Å². The molecular weight excluding hydrogens is 252 g/mol. The molecular formula is C13H16O6. The Morgan fingerprint density at radius 1 is 1.16 bits per heavy atom. The Bertz CT molecular complexity index is 444. The smallest absolute Gasteiger partial charge is 0.309 e. The molecule has 6 heteroatoms. The summed E-state index contributed by atoms with van der Waals surface area (Å²) in [6.07, 6.45) is -0.0364. The van der Waals surface area contributed by atoms with Gasteiger partial charge in [-0.25, -0.2) is 0 Å². The number of carbonyl (C=O) groups excluding carboxylic acids is 3. The Morgan fingerprint density at radius 2 is 1.84 bits per heavy atom. The summed E-state index contributed by atoms with van der Waals surface area (Å²) < 4.78 is 15.7. The van der Waals surface area contributed by atoms with Crippen LogP contribution in [0.5, 0.6) is 0 Å². The van der Waals surface area contributed by atoms with Gasteiger partial charge in [0.2, 0.25) is 0 Å². The molecule has 0 spiro atoms. The number of ether oxygens (including phenoxy) is 3. The van der Waals surface area contributed by atoms with Crippen molar-refractivity contribution in [2.75, 3.05) is 6.61 Å². The van der Waals surface area contributed by atoms with E-state index in [1.165, 1.54) is 13.8 Å². The largest absolute Gasteiger partial charge is 0.465 e. The Labute approximate surface area is 110 Å². The van der Waals surface area contributed by atoms with Gasteiger partial charge < -0.3 is 14.2 Å². The van der Waals surface area contributed by atoms with Gasteiger partial charge in [-0.2, -0.15) is 0 Å². The molecule has 2 saturated carbocycles. The van der Waals surface area contributed by atoms with Crippen LogP contribution >= 0.6 is 0 Å². The molecule has 0 aromatic heterocycles. The van der Waals surface area contributed by atoms with Gasteiger partial charge in [-0.05, 0) is 6.42 Å². The first kappa shape index (κ1) is 12.4. The van der Waals surface area contributed by atoms with Crippen molar-refractivity contribution in [2.45, 2.75) is 32.5 Å². The second kappa shape index (κ2) is 4.21. The van der Waals surface area contributed by atoms with E-state index in [2.05, 4.69) is 0 Å². The van der Waals surface area contributed by atoms with Gasteiger partial charge in [-0.15, -0.1) is 0 Å². The third-order valence-electron chi connectivity index (χ3n) is 4.46. The van der Waals surface area contributed by atoms with Crippen LogP contribution in [0.4, 0.5) is 0 Å². The molecule has 0 unspecified atom stereocenters. The molecule has 3 rings (SSSR count). The van der Waals surface area contributed by atoms with Gasteiger partial charge in [0.25, 0.3) is 0 Å². The molecule has 0 radical (unpaired) electrons. The van der Waals surface area contributed by atoms with Crippen molar-refractivity contribution >= 4 is 17.9 Å².